The first-order valence-electron chi connectivity index (χ1n) is 9.66. The van der Waals surface area contributed by atoms with Crippen LogP contribution < -0.4 is 10.1 Å². The Morgan fingerprint density at radius 3 is 2.85 bits per heavy atom. The molecule has 1 unspecified atom stereocenters. The Bertz CT molecular complexity index is 1260. The zero-order valence-electron chi connectivity index (χ0n) is 17.5. The number of rotatable bonds is 4. The van der Waals surface area contributed by atoms with Crippen molar-refractivity contribution in [2.24, 2.45) is 7.05 Å². The van der Waals surface area contributed by atoms with E-state index in [1.165, 1.54) is 30.4 Å². The van der Waals surface area contributed by atoms with E-state index in [-0.39, 0.29) is 11.9 Å². The molecule has 0 bridgehead atoms. The first kappa shape index (κ1) is 22.0. The van der Waals surface area contributed by atoms with Gasteiger partial charge in [-0.25, -0.2) is 14.8 Å². The van der Waals surface area contributed by atoms with Gasteiger partial charge in [-0.2, -0.15) is 18.3 Å². The average Bonchev–Trinajstić information content (AvgIpc) is 3.30. The van der Waals surface area contributed by atoms with Crippen molar-refractivity contribution >= 4 is 24.1 Å². The minimum Gasteiger partial charge on any atom is -0.470 e. The van der Waals surface area contributed by atoms with Crippen molar-refractivity contribution in [2.75, 3.05) is 12.4 Å². The van der Waals surface area contributed by atoms with Crippen LogP contribution in [0.2, 0.25) is 0 Å². The fraction of sp³-hybridized carbons (Fsp3) is 0.250. The van der Waals surface area contributed by atoms with Crippen molar-refractivity contribution in [3.63, 3.8) is 0 Å². The molecule has 13 heteroatoms. The Morgan fingerprint density at radius 2 is 2.15 bits per heavy atom. The predicted octanol–water partition coefficient (Wildman–Crippen LogP) is 2.58. The van der Waals surface area contributed by atoms with Crippen LogP contribution in [0.5, 0.6) is 5.88 Å². The number of aryl methyl sites for hydroxylation is 1. The molecule has 3 aromatic heterocycles. The summed E-state index contributed by atoms with van der Waals surface area (Å²) in [4.78, 5) is 20.7. The Morgan fingerprint density at radius 1 is 1.36 bits per heavy atom. The normalized spacial score (nSPS) is 15.9. The van der Waals surface area contributed by atoms with Crippen LogP contribution in [-0.2, 0) is 19.6 Å². The molecule has 172 valence electrons. The predicted molar refractivity (Wildman–Crippen MR) is 109 cm³/mol. The number of nitrogens with zero attached hydrogens (tertiary/aromatic N) is 6. The number of alkyl halides is 3. The smallest absolute Gasteiger partial charge is 0.433 e. The van der Waals surface area contributed by atoms with Gasteiger partial charge in [-0.15, -0.1) is 0 Å². The molecule has 1 aliphatic rings. The minimum atomic E-state index is -4.58. The summed E-state index contributed by atoms with van der Waals surface area (Å²) in [5, 5.41) is 15.4. The van der Waals surface area contributed by atoms with E-state index >= 15 is 0 Å². The average molecular weight is 462 g/mol. The summed E-state index contributed by atoms with van der Waals surface area (Å²) in [6, 6.07) is 3.43. The number of ether oxygens (including phenoxy) is 1. The molecule has 0 spiro atoms. The summed E-state index contributed by atoms with van der Waals surface area (Å²) < 4.78 is 47.5. The Balaban J connectivity index is 1.46. The maximum absolute atomic E-state index is 12.9. The van der Waals surface area contributed by atoms with Gasteiger partial charge in [0.05, 0.1) is 5.69 Å². The molecular formula is C20H19F3N7O3+. The number of amides is 1. The van der Waals surface area contributed by atoms with Gasteiger partial charge in [0, 0.05) is 31.8 Å². The van der Waals surface area contributed by atoms with Gasteiger partial charge in [-0.1, -0.05) is 0 Å². The molecule has 0 saturated carbocycles. The molecule has 10 nitrogen and oxygen atoms in total. The van der Waals surface area contributed by atoms with Crippen LogP contribution in [-0.4, -0.2) is 59.7 Å². The summed E-state index contributed by atoms with van der Waals surface area (Å²) in [6.45, 7) is 0. The van der Waals surface area contributed by atoms with E-state index in [9.17, 15) is 23.2 Å². The number of nitrogens with one attached hydrogen (secondary N) is 1. The molecule has 1 amide bonds. The lowest BCUT2D eigenvalue weighted by Crippen LogP contribution is -2.24. The maximum Gasteiger partial charge on any atom is 0.433 e. The van der Waals surface area contributed by atoms with Crippen LogP contribution in [0.25, 0.3) is 6.08 Å². The molecule has 1 aliphatic carbocycles. The summed E-state index contributed by atoms with van der Waals surface area (Å²) in [5.41, 5.74) is 0.878. The van der Waals surface area contributed by atoms with Crippen molar-refractivity contribution in [3.05, 3.63) is 59.4 Å². The number of hydroxylamine groups is 1. The van der Waals surface area contributed by atoms with E-state index in [0.717, 1.165) is 23.4 Å². The number of carbonyl (C=O) groups is 1. The minimum absolute atomic E-state index is 0.205. The van der Waals surface area contributed by atoms with Crippen molar-refractivity contribution in [1.82, 2.24) is 24.3 Å². The second-order valence-corrected chi connectivity index (χ2v) is 7.27. The van der Waals surface area contributed by atoms with Crippen molar-refractivity contribution in [2.45, 2.75) is 18.7 Å². The molecule has 33 heavy (non-hydrogen) atoms. The fourth-order valence-corrected chi connectivity index (χ4v) is 3.38. The molecule has 0 fully saturated rings. The summed E-state index contributed by atoms with van der Waals surface area (Å²) in [7, 11) is 2.59. The molecule has 0 aliphatic heterocycles. The molecule has 0 radical (unpaired) electrons. The lowest BCUT2D eigenvalue weighted by molar-refractivity contribution is -0.751. The Kier molecular flexibility index (Phi) is 5.62. The van der Waals surface area contributed by atoms with E-state index in [0.29, 0.717) is 28.4 Å². The summed E-state index contributed by atoms with van der Waals surface area (Å²) >= 11 is 0. The second-order valence-electron chi connectivity index (χ2n) is 7.27. The number of halogens is 3. The molecule has 1 atom stereocenters. The quantitative estimate of drug-likeness (QED) is 0.267. The number of hydrogen-bond donors (Lipinski definition) is 2. The summed E-state index contributed by atoms with van der Waals surface area (Å²) in [5.74, 6) is 0.104. The molecular weight excluding hydrogens is 443 g/mol. The lowest BCUT2D eigenvalue weighted by atomic mass is 10.0. The largest absolute Gasteiger partial charge is 0.470 e. The van der Waals surface area contributed by atoms with Gasteiger partial charge in [0.2, 0.25) is 12.1 Å². The SMILES string of the molecule is Cn1nc(NC(=O)n2ccc3c2C=CC(Oc2cc(/C=[N+](/C)O)ncn2)C3)cc1C(F)(F)F. The van der Waals surface area contributed by atoms with Gasteiger partial charge in [-0.05, 0) is 28.5 Å². The van der Waals surface area contributed by atoms with Gasteiger partial charge >= 0.3 is 12.2 Å². The number of aromatic nitrogens is 5. The van der Waals surface area contributed by atoms with Gasteiger partial charge in [0.1, 0.15) is 23.8 Å². The molecule has 0 aromatic carbocycles. The highest BCUT2D eigenvalue weighted by Gasteiger charge is 2.35. The third-order valence-electron chi connectivity index (χ3n) is 4.78. The first-order valence-corrected chi connectivity index (χ1v) is 9.66. The standard InChI is InChI=1S/C20H18F3N7O3/c1-28(32)10-13-8-18(25-11-24-13)33-14-3-4-15-12(7-14)5-6-30(15)19(31)26-17-9-16(20(21,22)23)29(2)27-17/h3-6,8-11,14H,7H2,1-2H3,(H-,24,25,26,27,31,32)/p+1. The number of hydrogen-bond acceptors (Lipinski definition) is 6. The Labute approximate surface area is 185 Å². The van der Waals surface area contributed by atoms with Crippen LogP contribution in [0.1, 0.15) is 22.6 Å². The topological polar surface area (TPSA) is 110 Å². The molecule has 4 rings (SSSR count). The second kappa shape index (κ2) is 8.41. The number of anilines is 1. The van der Waals surface area contributed by atoms with E-state index in [4.69, 9.17) is 4.74 Å². The van der Waals surface area contributed by atoms with Crippen molar-refractivity contribution in [1.29, 1.82) is 0 Å². The fourth-order valence-electron chi connectivity index (χ4n) is 3.38. The third kappa shape index (κ3) is 4.86. The van der Waals surface area contributed by atoms with Crippen LogP contribution >= 0.6 is 0 Å². The van der Waals surface area contributed by atoms with Crippen molar-refractivity contribution < 1.29 is 32.6 Å². The van der Waals surface area contributed by atoms with Gasteiger partial charge < -0.3 is 4.74 Å². The highest BCUT2D eigenvalue weighted by molar-refractivity contribution is 5.92. The molecule has 3 heterocycles. The first-order chi connectivity index (χ1) is 15.6. The lowest BCUT2D eigenvalue weighted by Gasteiger charge is -2.19. The monoisotopic (exact) mass is 462 g/mol. The molecule has 2 N–H and O–H groups in total. The highest BCUT2D eigenvalue weighted by Crippen LogP contribution is 2.30. The zero-order valence-corrected chi connectivity index (χ0v) is 17.5. The molecule has 3 aromatic rings. The van der Waals surface area contributed by atoms with Crippen LogP contribution in [0.15, 0.2) is 36.8 Å². The maximum atomic E-state index is 12.9. The van der Waals surface area contributed by atoms with E-state index in [1.54, 1.807) is 24.3 Å². The van der Waals surface area contributed by atoms with E-state index in [2.05, 4.69) is 20.4 Å². The Hall–Kier alpha value is -4.16. The van der Waals surface area contributed by atoms with Gasteiger partial charge in [-0.3, -0.25) is 19.8 Å². The molecule has 0 saturated heterocycles. The summed E-state index contributed by atoms with van der Waals surface area (Å²) in [6.07, 6.45) is 3.16. The highest BCUT2D eigenvalue weighted by atomic mass is 19.4. The van der Waals surface area contributed by atoms with Gasteiger partial charge in [0.15, 0.2) is 12.9 Å². The number of fused-ring (bicyclic) bond motifs is 1. The third-order valence-corrected chi connectivity index (χ3v) is 4.78. The van der Waals surface area contributed by atoms with E-state index < -0.39 is 17.9 Å². The zero-order chi connectivity index (χ0) is 23.8. The van der Waals surface area contributed by atoms with Crippen molar-refractivity contribution in [3.8, 4) is 5.88 Å². The van der Waals surface area contributed by atoms with Crippen LogP contribution in [0.4, 0.5) is 23.8 Å². The van der Waals surface area contributed by atoms with E-state index in [1.807, 2.05) is 0 Å². The van der Waals surface area contributed by atoms with Crippen LogP contribution in [0, 0.1) is 0 Å². The number of carbonyl (C=O) groups excluding carboxylic acids is 1. The van der Waals surface area contributed by atoms with Crippen LogP contribution in [0.3, 0.4) is 0 Å². The van der Waals surface area contributed by atoms with Gasteiger partial charge in [0.25, 0.3) is 0 Å².